The van der Waals surface area contributed by atoms with Gasteiger partial charge in [0.05, 0.1) is 24.4 Å². The number of piperidine rings is 1. The van der Waals surface area contributed by atoms with Crippen LogP contribution in [0.1, 0.15) is 25.0 Å². The summed E-state index contributed by atoms with van der Waals surface area (Å²) in [5.41, 5.74) is 2.89. The SMILES string of the molecule is c1nc(COCC2CCCCN2)cs1. The van der Waals surface area contributed by atoms with E-state index in [-0.39, 0.29) is 0 Å². The fourth-order valence-corrected chi connectivity index (χ4v) is 2.22. The van der Waals surface area contributed by atoms with E-state index in [1.807, 2.05) is 10.9 Å². The van der Waals surface area contributed by atoms with Gasteiger partial charge in [-0.25, -0.2) is 4.98 Å². The van der Waals surface area contributed by atoms with Crippen LogP contribution in [0, 0.1) is 0 Å². The zero-order valence-corrected chi connectivity index (χ0v) is 9.05. The summed E-state index contributed by atoms with van der Waals surface area (Å²) in [5.74, 6) is 0. The molecular weight excluding hydrogens is 196 g/mol. The quantitative estimate of drug-likeness (QED) is 0.826. The molecule has 1 aliphatic heterocycles. The monoisotopic (exact) mass is 212 g/mol. The number of nitrogens with zero attached hydrogens (tertiary/aromatic N) is 1. The van der Waals surface area contributed by atoms with Crippen LogP contribution in [0.25, 0.3) is 0 Å². The zero-order chi connectivity index (χ0) is 9.64. The number of nitrogens with one attached hydrogen (secondary N) is 1. The van der Waals surface area contributed by atoms with Gasteiger partial charge < -0.3 is 10.1 Å². The molecule has 4 heteroatoms. The van der Waals surface area contributed by atoms with Gasteiger partial charge in [-0.2, -0.15) is 0 Å². The second-order valence-corrected chi connectivity index (χ2v) is 4.36. The predicted molar refractivity (Wildman–Crippen MR) is 57.4 cm³/mol. The van der Waals surface area contributed by atoms with Crippen LogP contribution in [0.4, 0.5) is 0 Å². The van der Waals surface area contributed by atoms with Crippen LogP contribution in [0.2, 0.25) is 0 Å². The molecule has 0 aliphatic carbocycles. The van der Waals surface area contributed by atoms with Crippen molar-refractivity contribution in [2.45, 2.75) is 31.9 Å². The van der Waals surface area contributed by atoms with Gasteiger partial charge >= 0.3 is 0 Å². The fourth-order valence-electron chi connectivity index (χ4n) is 1.68. The lowest BCUT2D eigenvalue weighted by Crippen LogP contribution is -2.37. The van der Waals surface area contributed by atoms with Crippen molar-refractivity contribution in [3.8, 4) is 0 Å². The van der Waals surface area contributed by atoms with E-state index in [2.05, 4.69) is 10.3 Å². The number of hydrogen-bond acceptors (Lipinski definition) is 4. The summed E-state index contributed by atoms with van der Waals surface area (Å²) in [6, 6.07) is 0.558. The second-order valence-electron chi connectivity index (χ2n) is 3.64. The Morgan fingerprint density at radius 1 is 1.57 bits per heavy atom. The normalized spacial score (nSPS) is 22.4. The standard InChI is InChI=1S/C10H16N2OS/c1-2-4-11-9(3-1)5-13-6-10-7-14-8-12-10/h7-9,11H,1-6H2. The number of ether oxygens (including phenoxy) is 1. The minimum Gasteiger partial charge on any atom is -0.374 e. The summed E-state index contributed by atoms with van der Waals surface area (Å²) in [7, 11) is 0. The third-order valence-electron chi connectivity index (χ3n) is 2.46. The van der Waals surface area contributed by atoms with Crippen LogP contribution >= 0.6 is 11.3 Å². The zero-order valence-electron chi connectivity index (χ0n) is 8.24. The summed E-state index contributed by atoms with van der Waals surface area (Å²) in [5, 5.41) is 5.49. The number of aromatic nitrogens is 1. The van der Waals surface area contributed by atoms with Gasteiger partial charge in [0.15, 0.2) is 0 Å². The molecule has 0 spiro atoms. The molecule has 1 aromatic heterocycles. The van der Waals surface area contributed by atoms with Gasteiger partial charge in [-0.05, 0) is 19.4 Å². The first kappa shape index (κ1) is 10.1. The van der Waals surface area contributed by atoms with E-state index in [1.165, 1.54) is 19.3 Å². The Labute approximate surface area is 88.5 Å². The van der Waals surface area contributed by atoms with Crippen molar-refractivity contribution in [3.05, 3.63) is 16.6 Å². The molecule has 1 aliphatic rings. The van der Waals surface area contributed by atoms with Gasteiger partial charge in [0, 0.05) is 11.4 Å². The Bertz CT molecular complexity index is 245. The Morgan fingerprint density at radius 2 is 2.57 bits per heavy atom. The third-order valence-corrected chi connectivity index (χ3v) is 3.10. The first-order valence-electron chi connectivity index (χ1n) is 5.13. The van der Waals surface area contributed by atoms with Crippen LogP contribution in [-0.4, -0.2) is 24.2 Å². The van der Waals surface area contributed by atoms with E-state index in [0.29, 0.717) is 12.6 Å². The maximum Gasteiger partial charge on any atom is 0.0897 e. The van der Waals surface area contributed by atoms with Crippen molar-refractivity contribution in [3.63, 3.8) is 0 Å². The van der Waals surface area contributed by atoms with Gasteiger partial charge in [0.2, 0.25) is 0 Å². The molecule has 0 amide bonds. The van der Waals surface area contributed by atoms with Crippen LogP contribution < -0.4 is 5.32 Å². The maximum atomic E-state index is 5.60. The van der Waals surface area contributed by atoms with Crippen molar-refractivity contribution < 1.29 is 4.74 Å². The molecule has 1 aromatic rings. The summed E-state index contributed by atoms with van der Waals surface area (Å²) in [6.45, 7) is 2.62. The minimum atomic E-state index is 0.558. The van der Waals surface area contributed by atoms with Gasteiger partial charge in [-0.15, -0.1) is 11.3 Å². The summed E-state index contributed by atoms with van der Waals surface area (Å²) in [4.78, 5) is 4.17. The molecule has 14 heavy (non-hydrogen) atoms. The molecule has 1 fully saturated rings. The molecule has 0 bridgehead atoms. The Balaban J connectivity index is 1.62. The summed E-state index contributed by atoms with van der Waals surface area (Å²) < 4.78 is 5.60. The molecular formula is C10H16N2OS. The fraction of sp³-hybridized carbons (Fsp3) is 0.700. The second kappa shape index (κ2) is 5.44. The number of thiazole rings is 1. The van der Waals surface area contributed by atoms with E-state index in [0.717, 1.165) is 18.8 Å². The summed E-state index contributed by atoms with van der Waals surface area (Å²) >= 11 is 1.62. The van der Waals surface area contributed by atoms with Crippen molar-refractivity contribution in [2.24, 2.45) is 0 Å². The van der Waals surface area contributed by atoms with Gasteiger partial charge in [-0.3, -0.25) is 0 Å². The van der Waals surface area contributed by atoms with Crippen LogP contribution in [0.5, 0.6) is 0 Å². The molecule has 3 nitrogen and oxygen atoms in total. The van der Waals surface area contributed by atoms with E-state index in [4.69, 9.17) is 4.74 Å². The van der Waals surface area contributed by atoms with Gasteiger partial charge in [-0.1, -0.05) is 6.42 Å². The van der Waals surface area contributed by atoms with Crippen molar-refractivity contribution in [1.82, 2.24) is 10.3 Å². The Kier molecular flexibility index (Phi) is 3.91. The van der Waals surface area contributed by atoms with Crippen LogP contribution in [0.3, 0.4) is 0 Å². The van der Waals surface area contributed by atoms with E-state index >= 15 is 0 Å². The molecule has 1 atom stereocenters. The van der Waals surface area contributed by atoms with E-state index in [9.17, 15) is 0 Å². The molecule has 0 radical (unpaired) electrons. The average Bonchev–Trinajstić information content (AvgIpc) is 2.72. The molecule has 1 saturated heterocycles. The Hall–Kier alpha value is -0.450. The smallest absolute Gasteiger partial charge is 0.0897 e. The highest BCUT2D eigenvalue weighted by molar-refractivity contribution is 7.07. The highest BCUT2D eigenvalue weighted by Crippen LogP contribution is 2.08. The van der Waals surface area contributed by atoms with E-state index < -0.39 is 0 Å². The molecule has 0 saturated carbocycles. The number of hydrogen-bond donors (Lipinski definition) is 1. The lowest BCUT2D eigenvalue weighted by Gasteiger charge is -2.22. The molecule has 2 rings (SSSR count). The average molecular weight is 212 g/mol. The third kappa shape index (κ3) is 3.04. The van der Waals surface area contributed by atoms with Crippen LogP contribution in [-0.2, 0) is 11.3 Å². The van der Waals surface area contributed by atoms with Gasteiger partial charge in [0.1, 0.15) is 0 Å². The first-order valence-corrected chi connectivity index (χ1v) is 6.07. The molecule has 0 aromatic carbocycles. The summed E-state index contributed by atoms with van der Waals surface area (Å²) in [6.07, 6.45) is 3.89. The molecule has 2 heterocycles. The van der Waals surface area contributed by atoms with Crippen molar-refractivity contribution >= 4 is 11.3 Å². The van der Waals surface area contributed by atoms with Gasteiger partial charge in [0.25, 0.3) is 0 Å². The highest BCUT2D eigenvalue weighted by atomic mass is 32.1. The van der Waals surface area contributed by atoms with Crippen molar-refractivity contribution in [2.75, 3.05) is 13.2 Å². The Morgan fingerprint density at radius 3 is 3.29 bits per heavy atom. The topological polar surface area (TPSA) is 34.1 Å². The molecule has 1 N–H and O–H groups in total. The van der Waals surface area contributed by atoms with Crippen LogP contribution in [0.15, 0.2) is 10.9 Å². The first-order chi connectivity index (χ1) is 6.95. The molecule has 1 unspecified atom stereocenters. The van der Waals surface area contributed by atoms with Crippen molar-refractivity contribution in [1.29, 1.82) is 0 Å². The van der Waals surface area contributed by atoms with E-state index in [1.54, 1.807) is 11.3 Å². The maximum absolute atomic E-state index is 5.60. The highest BCUT2D eigenvalue weighted by Gasteiger charge is 2.12. The lowest BCUT2D eigenvalue weighted by molar-refractivity contribution is 0.0893. The minimum absolute atomic E-state index is 0.558. The molecule has 78 valence electrons. The predicted octanol–water partition coefficient (Wildman–Crippen LogP) is 1.80. The number of rotatable bonds is 4. The largest absolute Gasteiger partial charge is 0.374 e. The lowest BCUT2D eigenvalue weighted by atomic mass is 10.1.